The lowest BCUT2D eigenvalue weighted by Gasteiger charge is -2.27. The molecule has 4 aromatic rings. The maximum absolute atomic E-state index is 5.98. The van der Waals surface area contributed by atoms with Crippen LogP contribution in [0.5, 0.6) is 11.5 Å². The second-order valence-corrected chi connectivity index (χ2v) is 7.12. The van der Waals surface area contributed by atoms with Crippen molar-refractivity contribution < 1.29 is 9.31 Å². The normalized spacial score (nSPS) is 14.0. The highest BCUT2D eigenvalue weighted by Crippen LogP contribution is 2.34. The zero-order valence-electron chi connectivity index (χ0n) is 15.1. The van der Waals surface area contributed by atoms with Crippen LogP contribution in [0.1, 0.15) is 0 Å². The van der Waals surface area contributed by atoms with Gasteiger partial charge in [-0.1, -0.05) is 60.7 Å². The molecular weight excluding hydrogens is 346 g/mol. The summed E-state index contributed by atoms with van der Waals surface area (Å²) in [5, 5.41) is 9.70. The molecule has 28 heavy (non-hydrogen) atoms. The highest BCUT2D eigenvalue weighted by molar-refractivity contribution is 6.80. The van der Waals surface area contributed by atoms with Crippen LogP contribution in [0.3, 0.4) is 0 Å². The third-order valence-electron chi connectivity index (χ3n) is 5.34. The molecule has 0 aliphatic carbocycles. The molecule has 0 radical (unpaired) electrons. The summed E-state index contributed by atoms with van der Waals surface area (Å²) in [6, 6.07) is 28.8. The van der Waals surface area contributed by atoms with Gasteiger partial charge in [0.2, 0.25) is 0 Å². The van der Waals surface area contributed by atoms with Crippen LogP contribution >= 0.6 is 0 Å². The molecule has 4 nitrogen and oxygen atoms in total. The van der Waals surface area contributed by atoms with E-state index in [-0.39, 0.29) is 6.98 Å². The Morgan fingerprint density at radius 3 is 1.89 bits per heavy atom. The number of hydrogen-bond acceptors (Lipinski definition) is 4. The Kier molecular flexibility index (Phi) is 3.32. The van der Waals surface area contributed by atoms with Crippen molar-refractivity contribution in [2.24, 2.45) is 0 Å². The van der Waals surface area contributed by atoms with Crippen molar-refractivity contribution in [3.63, 3.8) is 0 Å². The first kappa shape index (κ1) is 15.5. The minimum absolute atomic E-state index is 0.0239. The number of rotatable bonds is 2. The van der Waals surface area contributed by atoms with E-state index in [1.165, 1.54) is 10.8 Å². The second-order valence-electron chi connectivity index (χ2n) is 7.12. The fourth-order valence-corrected chi connectivity index (χ4v) is 4.02. The molecule has 4 aromatic carbocycles. The third kappa shape index (κ3) is 2.42. The second kappa shape index (κ2) is 5.99. The molecule has 6 rings (SSSR count). The molecule has 132 valence electrons. The highest BCUT2D eigenvalue weighted by Gasteiger charge is 2.35. The van der Waals surface area contributed by atoms with Gasteiger partial charge in [0.05, 0.1) is 0 Å². The number of fused-ring (bicyclic) bond motifs is 1. The van der Waals surface area contributed by atoms with Crippen molar-refractivity contribution in [2.45, 2.75) is 0 Å². The third-order valence-corrected chi connectivity index (χ3v) is 5.34. The quantitative estimate of drug-likeness (QED) is 0.538. The molecule has 2 N–H and O–H groups in total. The van der Waals surface area contributed by atoms with Gasteiger partial charge in [0, 0.05) is 22.2 Å². The van der Waals surface area contributed by atoms with Crippen LogP contribution in [-0.4, -0.2) is 14.1 Å². The summed E-state index contributed by atoms with van der Waals surface area (Å²) in [4.78, 5) is 0. The average molecular weight is 362 g/mol. The standard InChI is InChI=1S/C22H16B2N2O2/c1-2-13-21-20(12-1)27-24(28-21)17-9-5-8-16(14-17)23-25-18-10-3-6-15-7-4-11-19(26-23)22(15)18/h1-14,25-26H. The van der Waals surface area contributed by atoms with Gasteiger partial charge < -0.3 is 19.8 Å². The van der Waals surface area contributed by atoms with Crippen LogP contribution in [0, 0.1) is 0 Å². The lowest BCUT2D eigenvalue weighted by atomic mass is 9.64. The van der Waals surface area contributed by atoms with Crippen molar-refractivity contribution >= 4 is 47.2 Å². The minimum Gasteiger partial charge on any atom is -0.519 e. The van der Waals surface area contributed by atoms with Gasteiger partial charge in [0.1, 0.15) is 11.5 Å². The molecule has 0 spiro atoms. The first-order chi connectivity index (χ1) is 13.8. The highest BCUT2D eigenvalue weighted by atomic mass is 16.6. The molecule has 0 saturated heterocycles. The van der Waals surface area contributed by atoms with Crippen molar-refractivity contribution in [2.75, 3.05) is 10.5 Å². The smallest absolute Gasteiger partial charge is 0.519 e. The first-order valence-electron chi connectivity index (χ1n) is 9.42. The number of benzene rings is 4. The molecule has 2 heterocycles. The Morgan fingerprint density at radius 2 is 1.21 bits per heavy atom. The number of nitrogens with one attached hydrogen (secondary N) is 2. The molecule has 0 saturated carbocycles. The van der Waals surface area contributed by atoms with Gasteiger partial charge >= 0.3 is 14.1 Å². The summed E-state index contributed by atoms with van der Waals surface area (Å²) in [6.45, 7) is -0.0239. The maximum Gasteiger partial charge on any atom is 0.632 e. The van der Waals surface area contributed by atoms with Gasteiger partial charge in [-0.2, -0.15) is 0 Å². The summed E-state index contributed by atoms with van der Waals surface area (Å²) in [7, 11) is -0.420. The summed E-state index contributed by atoms with van der Waals surface area (Å²) < 4.78 is 12.0. The van der Waals surface area contributed by atoms with Crippen molar-refractivity contribution in [3.8, 4) is 11.5 Å². The molecule has 0 fully saturated rings. The van der Waals surface area contributed by atoms with Crippen LogP contribution in [0.2, 0.25) is 0 Å². The molecule has 0 aromatic heterocycles. The monoisotopic (exact) mass is 362 g/mol. The zero-order valence-corrected chi connectivity index (χ0v) is 15.1. The van der Waals surface area contributed by atoms with Gasteiger partial charge in [-0.25, -0.2) is 0 Å². The Labute approximate surface area is 163 Å². The van der Waals surface area contributed by atoms with Gasteiger partial charge in [0.15, 0.2) is 0 Å². The molecule has 0 unspecified atom stereocenters. The molecular formula is C22H16B2N2O2. The Balaban J connectivity index is 1.33. The molecule has 6 heteroatoms. The maximum atomic E-state index is 5.98. The van der Waals surface area contributed by atoms with Crippen LogP contribution in [-0.2, 0) is 0 Å². The summed E-state index contributed by atoms with van der Waals surface area (Å²) in [5.41, 5.74) is 4.41. The van der Waals surface area contributed by atoms with Crippen molar-refractivity contribution in [1.29, 1.82) is 0 Å². The van der Waals surface area contributed by atoms with Crippen LogP contribution in [0.15, 0.2) is 84.9 Å². The first-order valence-corrected chi connectivity index (χ1v) is 9.42. The van der Waals surface area contributed by atoms with E-state index in [2.05, 4.69) is 59.0 Å². The SMILES string of the molecule is c1cc(B2Nc3cccc4cccc(c34)N2)cc(B2Oc3ccccc3O2)c1. The molecule has 2 aliphatic heterocycles. The zero-order chi connectivity index (χ0) is 18.5. The molecule has 0 amide bonds. The van der Waals surface area contributed by atoms with E-state index in [4.69, 9.17) is 9.31 Å². The van der Waals surface area contributed by atoms with E-state index >= 15 is 0 Å². The Bertz CT molecular complexity index is 1150. The summed E-state index contributed by atoms with van der Waals surface area (Å²) >= 11 is 0. The van der Waals surface area contributed by atoms with E-state index in [1.807, 2.05) is 36.4 Å². The van der Waals surface area contributed by atoms with Crippen LogP contribution < -0.4 is 30.7 Å². The van der Waals surface area contributed by atoms with E-state index in [1.54, 1.807) is 0 Å². The minimum atomic E-state index is -0.420. The van der Waals surface area contributed by atoms with E-state index < -0.39 is 7.12 Å². The number of hydrogen-bond donors (Lipinski definition) is 2. The average Bonchev–Trinajstić information content (AvgIpc) is 3.19. The molecule has 0 bridgehead atoms. The number of anilines is 2. The lowest BCUT2D eigenvalue weighted by molar-refractivity contribution is 0.519. The predicted octanol–water partition coefficient (Wildman–Crippen LogP) is 3.24. The van der Waals surface area contributed by atoms with Gasteiger partial charge in [-0.05, 0) is 35.1 Å². The van der Waals surface area contributed by atoms with Gasteiger partial charge in [0.25, 0.3) is 0 Å². The van der Waals surface area contributed by atoms with Crippen molar-refractivity contribution in [3.05, 3.63) is 84.9 Å². The molecule has 2 aliphatic rings. The Morgan fingerprint density at radius 1 is 0.607 bits per heavy atom. The van der Waals surface area contributed by atoms with E-state index in [0.717, 1.165) is 33.8 Å². The van der Waals surface area contributed by atoms with E-state index in [0.29, 0.717) is 0 Å². The van der Waals surface area contributed by atoms with Gasteiger partial charge in [-0.15, -0.1) is 0 Å². The van der Waals surface area contributed by atoms with Crippen LogP contribution in [0.4, 0.5) is 11.4 Å². The topological polar surface area (TPSA) is 42.5 Å². The Hall–Kier alpha value is -3.53. The summed E-state index contributed by atoms with van der Waals surface area (Å²) in [6.07, 6.45) is 0. The fraction of sp³-hybridized carbons (Fsp3) is 0. The predicted molar refractivity (Wildman–Crippen MR) is 116 cm³/mol. The fourth-order valence-electron chi connectivity index (χ4n) is 4.02. The lowest BCUT2D eigenvalue weighted by Crippen LogP contribution is -2.50. The van der Waals surface area contributed by atoms with E-state index in [9.17, 15) is 0 Å². The van der Waals surface area contributed by atoms with Crippen molar-refractivity contribution in [1.82, 2.24) is 0 Å². The molecule has 0 atom stereocenters. The number of para-hydroxylation sites is 2. The van der Waals surface area contributed by atoms with Gasteiger partial charge in [-0.3, -0.25) is 0 Å². The summed E-state index contributed by atoms with van der Waals surface area (Å²) in [5.74, 6) is 1.57. The largest absolute Gasteiger partial charge is 0.632 e. The van der Waals surface area contributed by atoms with Crippen LogP contribution in [0.25, 0.3) is 10.8 Å².